The van der Waals surface area contributed by atoms with Crippen LogP contribution < -0.4 is 0 Å². The summed E-state index contributed by atoms with van der Waals surface area (Å²) in [5, 5.41) is 0. The number of rotatable bonds is 2. The molecule has 0 amide bonds. The fourth-order valence-electron chi connectivity index (χ4n) is 2.76. The smallest absolute Gasteiger partial charge is 0.0319 e. The molecule has 1 aromatic carbocycles. The zero-order valence-electron chi connectivity index (χ0n) is 12.3. The molecule has 98 valence electrons. The van der Waals surface area contributed by atoms with Gasteiger partial charge in [0.1, 0.15) is 0 Å². The second kappa shape index (κ2) is 5.27. The van der Waals surface area contributed by atoms with Gasteiger partial charge in [0.15, 0.2) is 0 Å². The molecule has 0 aromatic heterocycles. The number of fused-ring (bicyclic) bond motifs is 3. The lowest BCUT2D eigenvalue weighted by Gasteiger charge is -2.24. The monoisotopic (exact) mass is 243 g/mol. The predicted octanol–water partition coefficient (Wildman–Crippen LogP) is 4.47. The maximum Gasteiger partial charge on any atom is 0.0319 e. The van der Waals surface area contributed by atoms with Gasteiger partial charge in [0.05, 0.1) is 0 Å². The van der Waals surface area contributed by atoms with E-state index in [-0.39, 0.29) is 0 Å². The summed E-state index contributed by atoms with van der Waals surface area (Å²) in [5.41, 5.74) is 4.55. The van der Waals surface area contributed by atoms with E-state index in [0.717, 1.165) is 11.8 Å². The molecule has 1 fully saturated rings. The summed E-state index contributed by atoms with van der Waals surface area (Å²) >= 11 is 0. The molecule has 0 spiro atoms. The largest absolute Gasteiger partial charge is 0.303 e. The van der Waals surface area contributed by atoms with Crippen molar-refractivity contribution in [2.45, 2.75) is 39.2 Å². The number of nitrogens with zero attached hydrogens (tertiary/aromatic N) is 1. The zero-order chi connectivity index (χ0) is 13.3. The van der Waals surface area contributed by atoms with Gasteiger partial charge < -0.3 is 4.90 Å². The van der Waals surface area contributed by atoms with E-state index in [1.165, 1.54) is 17.5 Å². The fraction of sp³-hybridized carbons (Fsp3) is 0.529. The minimum absolute atomic E-state index is 0.495. The summed E-state index contributed by atoms with van der Waals surface area (Å²) in [5.74, 6) is 1.67. The van der Waals surface area contributed by atoms with Gasteiger partial charge in [-0.1, -0.05) is 44.2 Å². The molecule has 3 unspecified atom stereocenters. The Morgan fingerprint density at radius 2 is 1.94 bits per heavy atom. The van der Waals surface area contributed by atoms with E-state index < -0.39 is 0 Å². The topological polar surface area (TPSA) is 3.24 Å². The summed E-state index contributed by atoms with van der Waals surface area (Å²) < 4.78 is 0. The van der Waals surface area contributed by atoms with Crippen LogP contribution >= 0.6 is 0 Å². The highest BCUT2D eigenvalue weighted by Crippen LogP contribution is 2.53. The highest BCUT2D eigenvalue weighted by Gasteiger charge is 2.40. The van der Waals surface area contributed by atoms with Crippen LogP contribution in [-0.2, 0) is 0 Å². The molecule has 0 N–H and O–H groups in total. The molecule has 0 heterocycles. The molecular weight excluding hydrogens is 218 g/mol. The van der Waals surface area contributed by atoms with Crippen LogP contribution in [0, 0.1) is 5.92 Å². The van der Waals surface area contributed by atoms with Gasteiger partial charge in [-0.25, -0.2) is 0 Å². The van der Waals surface area contributed by atoms with Crippen molar-refractivity contribution in [1.29, 1.82) is 0 Å². The number of hydrogen-bond acceptors (Lipinski definition) is 1. The summed E-state index contributed by atoms with van der Waals surface area (Å²) in [6, 6.07) is 7.31. The Bertz CT molecular complexity index is 445. The second-order valence-electron chi connectivity index (χ2n) is 5.35. The molecule has 1 saturated carbocycles. The van der Waals surface area contributed by atoms with Crippen molar-refractivity contribution in [3.8, 4) is 0 Å². The highest BCUT2D eigenvalue weighted by atomic mass is 15.1. The lowest BCUT2D eigenvalue weighted by molar-refractivity contribution is 0.320. The second-order valence-corrected chi connectivity index (χ2v) is 5.35. The molecule has 0 bridgehead atoms. The Morgan fingerprint density at radius 1 is 1.22 bits per heavy atom. The van der Waals surface area contributed by atoms with Crippen LogP contribution in [0.2, 0.25) is 0 Å². The normalized spacial score (nSPS) is 24.8. The quantitative estimate of drug-likeness (QED) is 0.741. The Hall–Kier alpha value is -1.08. The average Bonchev–Trinajstić information content (AvgIpc) is 3.19. The summed E-state index contributed by atoms with van der Waals surface area (Å²) in [7, 11) is 4.30. The van der Waals surface area contributed by atoms with Crippen LogP contribution in [0.25, 0.3) is 6.08 Å². The van der Waals surface area contributed by atoms with Gasteiger partial charge in [-0.15, -0.1) is 0 Å². The van der Waals surface area contributed by atoms with Crippen LogP contribution in [0.15, 0.2) is 24.3 Å². The molecule has 18 heavy (non-hydrogen) atoms. The Balaban J connectivity index is 0.000000574. The third kappa shape index (κ3) is 2.24. The predicted molar refractivity (Wildman–Crippen MR) is 79.8 cm³/mol. The summed E-state index contributed by atoms with van der Waals surface area (Å²) in [4.78, 5) is 2.28. The van der Waals surface area contributed by atoms with Gasteiger partial charge in [0.2, 0.25) is 0 Å². The summed E-state index contributed by atoms with van der Waals surface area (Å²) in [6.07, 6.45) is 6.11. The maximum absolute atomic E-state index is 2.40. The van der Waals surface area contributed by atoms with E-state index in [9.17, 15) is 0 Å². The van der Waals surface area contributed by atoms with Crippen LogP contribution in [0.3, 0.4) is 0 Å². The highest BCUT2D eigenvalue weighted by molar-refractivity contribution is 5.65. The number of benzene rings is 1. The molecule has 1 heteroatoms. The Kier molecular flexibility index (Phi) is 3.91. The molecule has 1 aromatic rings. The minimum Gasteiger partial charge on any atom is -0.303 e. The van der Waals surface area contributed by atoms with Crippen molar-refractivity contribution in [1.82, 2.24) is 4.90 Å². The van der Waals surface area contributed by atoms with Gasteiger partial charge in [-0.05, 0) is 56.0 Å². The van der Waals surface area contributed by atoms with E-state index in [1.54, 1.807) is 5.56 Å². The van der Waals surface area contributed by atoms with Crippen molar-refractivity contribution in [2.75, 3.05) is 14.1 Å². The van der Waals surface area contributed by atoms with Crippen molar-refractivity contribution in [3.63, 3.8) is 0 Å². The molecular formula is C17H25N. The lowest BCUT2D eigenvalue weighted by atomic mass is 9.90. The van der Waals surface area contributed by atoms with Gasteiger partial charge in [-0.2, -0.15) is 0 Å². The zero-order valence-corrected chi connectivity index (χ0v) is 12.3. The van der Waals surface area contributed by atoms with Crippen molar-refractivity contribution in [2.24, 2.45) is 5.92 Å². The van der Waals surface area contributed by atoms with Crippen LogP contribution in [-0.4, -0.2) is 19.0 Å². The maximum atomic E-state index is 2.40. The molecule has 1 nitrogen and oxygen atoms in total. The first-order chi connectivity index (χ1) is 8.68. The molecule has 0 radical (unpaired) electrons. The average molecular weight is 243 g/mol. The minimum atomic E-state index is 0.495. The first kappa shape index (κ1) is 13.4. The molecule has 3 rings (SSSR count). The molecule has 2 aliphatic carbocycles. The van der Waals surface area contributed by atoms with Gasteiger partial charge in [0.25, 0.3) is 0 Å². The number of allylic oxidation sites excluding steroid dienone is 1. The molecule has 3 atom stereocenters. The van der Waals surface area contributed by atoms with Crippen molar-refractivity contribution in [3.05, 3.63) is 41.0 Å². The number of hydrogen-bond donors (Lipinski definition) is 0. The van der Waals surface area contributed by atoms with Crippen molar-refractivity contribution >= 4 is 6.08 Å². The first-order valence-corrected chi connectivity index (χ1v) is 7.16. The van der Waals surface area contributed by atoms with Gasteiger partial charge in [-0.3, -0.25) is 0 Å². The molecule has 0 aliphatic heterocycles. The SMILES string of the molecule is CC.CC(c1cccc2c1C=CC1CC21)N(C)C. The third-order valence-electron chi connectivity index (χ3n) is 4.15. The van der Waals surface area contributed by atoms with Gasteiger partial charge >= 0.3 is 0 Å². The summed E-state index contributed by atoms with van der Waals surface area (Å²) in [6.45, 7) is 6.28. The van der Waals surface area contributed by atoms with Crippen LogP contribution in [0.4, 0.5) is 0 Å². The van der Waals surface area contributed by atoms with E-state index in [1.807, 2.05) is 13.8 Å². The lowest BCUT2D eigenvalue weighted by Crippen LogP contribution is -2.18. The first-order valence-electron chi connectivity index (χ1n) is 7.16. The molecule has 0 saturated heterocycles. The van der Waals surface area contributed by atoms with E-state index in [0.29, 0.717) is 6.04 Å². The molecule has 2 aliphatic rings. The van der Waals surface area contributed by atoms with E-state index >= 15 is 0 Å². The van der Waals surface area contributed by atoms with Crippen LogP contribution in [0.5, 0.6) is 0 Å². The third-order valence-corrected chi connectivity index (χ3v) is 4.15. The van der Waals surface area contributed by atoms with E-state index in [4.69, 9.17) is 0 Å². The Morgan fingerprint density at radius 3 is 2.61 bits per heavy atom. The van der Waals surface area contributed by atoms with Crippen molar-refractivity contribution < 1.29 is 0 Å². The fourth-order valence-corrected chi connectivity index (χ4v) is 2.76. The van der Waals surface area contributed by atoms with E-state index in [2.05, 4.69) is 56.3 Å². The Labute approximate surface area is 112 Å². The van der Waals surface area contributed by atoms with Crippen LogP contribution in [0.1, 0.15) is 55.8 Å². The van der Waals surface area contributed by atoms with Gasteiger partial charge in [0, 0.05) is 6.04 Å². The standard InChI is InChI=1S/C15H19N.C2H6/c1-10(16(2)3)12-5-4-6-13-14(12)8-7-11-9-15(11)13;1-2/h4-8,10-11,15H,9H2,1-3H3;1-2H3.